The summed E-state index contributed by atoms with van der Waals surface area (Å²) in [6, 6.07) is 0. The number of hydrogen-bond donors (Lipinski definition) is 0. The normalized spacial score (nSPS) is 22.8. The molecule has 0 spiro atoms. The van der Waals surface area contributed by atoms with E-state index in [1.807, 2.05) is 0 Å². The van der Waals surface area contributed by atoms with E-state index in [2.05, 4.69) is 28.2 Å². The molecular formula is C7H16NOP. The summed E-state index contributed by atoms with van der Waals surface area (Å²) >= 11 is 0. The van der Waals surface area contributed by atoms with Crippen molar-refractivity contribution < 1.29 is 4.74 Å². The Bertz CT molecular complexity index is 107. The van der Waals surface area contributed by atoms with E-state index in [1.165, 1.54) is 0 Å². The van der Waals surface area contributed by atoms with Crippen LogP contribution in [0.3, 0.4) is 0 Å². The molecular weight excluding hydrogens is 145 g/mol. The third-order valence-corrected chi connectivity index (χ3v) is 2.77. The average Bonchev–Trinajstić information content (AvgIpc) is 1.78. The molecule has 3 heteroatoms. The smallest absolute Gasteiger partial charge is 0.0560 e. The molecule has 0 aromatic heterocycles. The average molecular weight is 161 g/mol. The van der Waals surface area contributed by atoms with Crippen LogP contribution in [0, 0.1) is 5.41 Å². The molecule has 1 rings (SSSR count). The van der Waals surface area contributed by atoms with Crippen molar-refractivity contribution in [3.63, 3.8) is 0 Å². The van der Waals surface area contributed by atoms with Crippen molar-refractivity contribution in [2.75, 3.05) is 40.0 Å². The van der Waals surface area contributed by atoms with Gasteiger partial charge in [0.1, 0.15) is 0 Å². The van der Waals surface area contributed by atoms with Gasteiger partial charge in [-0.2, -0.15) is 0 Å². The van der Waals surface area contributed by atoms with Crippen LogP contribution in [0.5, 0.6) is 0 Å². The Hall–Kier alpha value is 0.350. The topological polar surface area (TPSA) is 12.5 Å². The number of hydrogen-bond acceptors (Lipinski definition) is 2. The first kappa shape index (κ1) is 8.45. The van der Waals surface area contributed by atoms with Crippen LogP contribution in [0.2, 0.25) is 0 Å². The highest BCUT2D eigenvalue weighted by atomic mass is 31.0. The molecule has 1 heterocycles. The number of rotatable bonds is 3. The van der Waals surface area contributed by atoms with Crippen LogP contribution in [0.25, 0.3) is 0 Å². The molecule has 0 aromatic rings. The molecule has 0 amide bonds. The summed E-state index contributed by atoms with van der Waals surface area (Å²) in [5, 5.41) is 0. The maximum Gasteiger partial charge on any atom is 0.0560 e. The van der Waals surface area contributed by atoms with Gasteiger partial charge in [-0.25, -0.2) is 0 Å². The molecule has 0 N–H and O–H groups in total. The van der Waals surface area contributed by atoms with Crippen LogP contribution in [0.4, 0.5) is 0 Å². The summed E-state index contributed by atoms with van der Waals surface area (Å²) in [5.41, 5.74) is 0.453. The highest BCUT2D eigenvalue weighted by Gasteiger charge is 2.36. The first-order valence-electron chi connectivity index (χ1n) is 3.61. The largest absolute Gasteiger partial charge is 0.380 e. The molecule has 1 aliphatic heterocycles. The van der Waals surface area contributed by atoms with E-state index in [9.17, 15) is 0 Å². The molecule has 1 atom stereocenters. The van der Waals surface area contributed by atoms with Crippen molar-refractivity contribution >= 4 is 9.24 Å². The lowest BCUT2D eigenvalue weighted by Gasteiger charge is -2.42. The monoisotopic (exact) mass is 161 g/mol. The molecule has 1 unspecified atom stereocenters. The van der Waals surface area contributed by atoms with E-state index in [1.54, 1.807) is 0 Å². The fourth-order valence-electron chi connectivity index (χ4n) is 1.34. The second kappa shape index (κ2) is 3.17. The van der Waals surface area contributed by atoms with Gasteiger partial charge in [-0.05, 0) is 20.3 Å². The molecule has 1 fully saturated rings. The van der Waals surface area contributed by atoms with Gasteiger partial charge in [0.25, 0.3) is 0 Å². The van der Waals surface area contributed by atoms with Crippen molar-refractivity contribution in [2.45, 2.75) is 0 Å². The summed E-state index contributed by atoms with van der Waals surface area (Å²) in [6.45, 7) is 3.03. The van der Waals surface area contributed by atoms with E-state index in [4.69, 9.17) is 4.74 Å². The SMILES string of the molecule is CN(C)CC1(CP)COC1. The third kappa shape index (κ3) is 1.69. The van der Waals surface area contributed by atoms with Crippen LogP contribution in [0.15, 0.2) is 0 Å². The van der Waals surface area contributed by atoms with E-state index >= 15 is 0 Å². The predicted octanol–water partition coefficient (Wildman–Crippen LogP) is 0.440. The zero-order valence-corrected chi connectivity index (χ0v) is 7.92. The molecule has 0 aliphatic carbocycles. The minimum Gasteiger partial charge on any atom is -0.380 e. The summed E-state index contributed by atoms with van der Waals surface area (Å²) < 4.78 is 5.19. The van der Waals surface area contributed by atoms with Gasteiger partial charge < -0.3 is 9.64 Å². The van der Waals surface area contributed by atoms with Crippen molar-refractivity contribution in [1.29, 1.82) is 0 Å². The van der Waals surface area contributed by atoms with Gasteiger partial charge in [-0.1, -0.05) is 0 Å². The Morgan fingerprint density at radius 3 is 2.20 bits per heavy atom. The van der Waals surface area contributed by atoms with Gasteiger partial charge in [0.15, 0.2) is 0 Å². The van der Waals surface area contributed by atoms with Crippen molar-refractivity contribution in [3.8, 4) is 0 Å². The molecule has 0 bridgehead atoms. The molecule has 1 aliphatic rings. The molecule has 2 nitrogen and oxygen atoms in total. The van der Waals surface area contributed by atoms with Crippen LogP contribution < -0.4 is 0 Å². The Morgan fingerprint density at radius 2 is 2.10 bits per heavy atom. The highest BCUT2D eigenvalue weighted by molar-refractivity contribution is 7.16. The summed E-state index contributed by atoms with van der Waals surface area (Å²) in [5.74, 6) is 0. The van der Waals surface area contributed by atoms with Gasteiger partial charge in [0.2, 0.25) is 0 Å². The van der Waals surface area contributed by atoms with Gasteiger partial charge in [0.05, 0.1) is 13.2 Å². The van der Waals surface area contributed by atoms with E-state index in [0.29, 0.717) is 5.41 Å². The Balaban J connectivity index is 2.33. The molecule has 60 valence electrons. The minimum atomic E-state index is 0.453. The van der Waals surface area contributed by atoms with Crippen molar-refractivity contribution in [1.82, 2.24) is 4.90 Å². The zero-order chi connectivity index (χ0) is 7.61. The first-order chi connectivity index (χ1) is 4.68. The second-order valence-corrected chi connectivity index (χ2v) is 3.84. The lowest BCUT2D eigenvalue weighted by molar-refractivity contribution is -0.107. The highest BCUT2D eigenvalue weighted by Crippen LogP contribution is 2.29. The van der Waals surface area contributed by atoms with Crippen LogP contribution in [0.1, 0.15) is 0 Å². The van der Waals surface area contributed by atoms with Gasteiger partial charge in [0, 0.05) is 12.0 Å². The van der Waals surface area contributed by atoms with Crippen LogP contribution in [-0.4, -0.2) is 44.9 Å². The van der Waals surface area contributed by atoms with Gasteiger partial charge in [-0.3, -0.25) is 0 Å². The van der Waals surface area contributed by atoms with Gasteiger partial charge >= 0.3 is 0 Å². The van der Waals surface area contributed by atoms with Crippen LogP contribution >= 0.6 is 9.24 Å². The maximum atomic E-state index is 5.19. The lowest BCUT2D eigenvalue weighted by atomic mass is 9.88. The fraction of sp³-hybridized carbons (Fsp3) is 1.00. The third-order valence-electron chi connectivity index (χ3n) is 1.90. The number of ether oxygens (including phenoxy) is 1. The maximum absolute atomic E-state index is 5.19. The molecule has 10 heavy (non-hydrogen) atoms. The Morgan fingerprint density at radius 1 is 1.50 bits per heavy atom. The molecule has 0 aromatic carbocycles. The van der Waals surface area contributed by atoms with E-state index in [0.717, 1.165) is 25.9 Å². The summed E-state index contributed by atoms with van der Waals surface area (Å²) in [4.78, 5) is 2.23. The van der Waals surface area contributed by atoms with E-state index < -0.39 is 0 Å². The van der Waals surface area contributed by atoms with Crippen LogP contribution in [-0.2, 0) is 4.74 Å². The quantitative estimate of drug-likeness (QED) is 0.557. The Kier molecular flexibility index (Phi) is 2.67. The zero-order valence-electron chi connectivity index (χ0n) is 6.76. The standard InChI is InChI=1S/C7H16NOP/c1-8(2)3-7(6-10)4-9-5-7/h3-6,10H2,1-2H3. The fourth-order valence-corrected chi connectivity index (χ4v) is 1.70. The minimum absolute atomic E-state index is 0.453. The predicted molar refractivity (Wildman–Crippen MR) is 46.4 cm³/mol. The molecule has 0 saturated carbocycles. The van der Waals surface area contributed by atoms with Gasteiger partial charge in [-0.15, -0.1) is 9.24 Å². The van der Waals surface area contributed by atoms with Crippen molar-refractivity contribution in [2.24, 2.45) is 5.41 Å². The Labute approximate surface area is 65.1 Å². The van der Waals surface area contributed by atoms with E-state index in [-0.39, 0.29) is 0 Å². The summed E-state index contributed by atoms with van der Waals surface area (Å²) in [7, 11) is 7.03. The lowest BCUT2D eigenvalue weighted by Crippen LogP contribution is -2.50. The van der Waals surface area contributed by atoms with Crippen molar-refractivity contribution in [3.05, 3.63) is 0 Å². The summed E-state index contributed by atoms with van der Waals surface area (Å²) in [6.07, 6.45) is 1.16. The second-order valence-electron chi connectivity index (χ2n) is 3.43. The first-order valence-corrected chi connectivity index (χ1v) is 4.43. The molecule has 1 saturated heterocycles. The number of nitrogens with zero attached hydrogens (tertiary/aromatic N) is 1. The molecule has 0 radical (unpaired) electrons.